The first-order chi connectivity index (χ1) is 13.1. The summed E-state index contributed by atoms with van der Waals surface area (Å²) in [7, 11) is 0. The Morgan fingerprint density at radius 1 is 1.15 bits per heavy atom. The van der Waals surface area contributed by atoms with Gasteiger partial charge in [0.1, 0.15) is 11.6 Å². The highest BCUT2D eigenvalue weighted by Crippen LogP contribution is 2.41. The van der Waals surface area contributed by atoms with Crippen molar-refractivity contribution in [3.8, 4) is 5.75 Å². The summed E-state index contributed by atoms with van der Waals surface area (Å²) >= 11 is 0. The van der Waals surface area contributed by atoms with Gasteiger partial charge in [-0.3, -0.25) is 4.79 Å². The maximum atomic E-state index is 14.6. The van der Waals surface area contributed by atoms with Gasteiger partial charge in [0, 0.05) is 11.3 Å². The first kappa shape index (κ1) is 19.4. The third-order valence-corrected chi connectivity index (χ3v) is 5.43. The number of aryl methyl sites for hydroxylation is 1. The van der Waals surface area contributed by atoms with Crippen molar-refractivity contribution in [2.24, 2.45) is 0 Å². The monoisotopic (exact) mass is 369 g/mol. The van der Waals surface area contributed by atoms with E-state index < -0.39 is 5.41 Å². The van der Waals surface area contributed by atoms with Gasteiger partial charge in [-0.15, -0.1) is 0 Å². The summed E-state index contributed by atoms with van der Waals surface area (Å²) in [4.78, 5) is 13.3. The molecule has 1 aliphatic carbocycles. The number of hydrogen-bond donors (Lipinski definition) is 1. The van der Waals surface area contributed by atoms with Crippen LogP contribution < -0.4 is 10.1 Å². The third-order valence-electron chi connectivity index (χ3n) is 5.43. The van der Waals surface area contributed by atoms with Crippen molar-refractivity contribution < 1.29 is 13.9 Å². The summed E-state index contributed by atoms with van der Waals surface area (Å²) in [5, 5.41) is 3.04. The molecule has 2 aromatic rings. The number of rotatable bonds is 6. The normalized spacial score (nSPS) is 16.0. The molecule has 1 aliphatic rings. The molecule has 4 heteroatoms. The number of carbonyl (C=O) groups is 1. The largest absolute Gasteiger partial charge is 0.493 e. The Balaban J connectivity index is 1.86. The van der Waals surface area contributed by atoms with Crippen LogP contribution in [0.2, 0.25) is 0 Å². The lowest BCUT2D eigenvalue weighted by Gasteiger charge is -2.36. The molecule has 1 N–H and O–H groups in total. The zero-order valence-corrected chi connectivity index (χ0v) is 16.2. The smallest absolute Gasteiger partial charge is 0.235 e. The van der Waals surface area contributed by atoms with Gasteiger partial charge in [-0.05, 0) is 56.0 Å². The number of ether oxygens (including phenoxy) is 1. The predicted octanol–water partition coefficient (Wildman–Crippen LogP) is 5.76. The number of amides is 1. The van der Waals surface area contributed by atoms with Crippen LogP contribution in [-0.2, 0) is 10.2 Å². The number of hydrogen-bond acceptors (Lipinski definition) is 2. The molecule has 0 saturated heterocycles. The standard InChI is InChI=1S/C23H28FNO2/c1-3-15-27-21-12-11-18(16-17(21)2)25-22(26)23(13-7-4-8-14-23)19-9-5-6-10-20(19)24/h5-6,9-12,16H,3-4,7-8,13-15H2,1-2H3,(H,25,26). The average molecular weight is 369 g/mol. The van der Waals surface area contributed by atoms with Crippen LogP contribution in [0.3, 0.4) is 0 Å². The Morgan fingerprint density at radius 2 is 1.89 bits per heavy atom. The minimum Gasteiger partial charge on any atom is -0.493 e. The zero-order valence-electron chi connectivity index (χ0n) is 16.2. The molecular weight excluding hydrogens is 341 g/mol. The lowest BCUT2D eigenvalue weighted by Crippen LogP contribution is -2.42. The van der Waals surface area contributed by atoms with Crippen LogP contribution in [0.25, 0.3) is 0 Å². The lowest BCUT2D eigenvalue weighted by molar-refractivity contribution is -0.122. The van der Waals surface area contributed by atoms with Gasteiger partial charge in [-0.25, -0.2) is 4.39 Å². The Bertz CT molecular complexity index is 797. The first-order valence-corrected chi connectivity index (χ1v) is 9.87. The second-order valence-electron chi connectivity index (χ2n) is 7.41. The van der Waals surface area contributed by atoms with Crippen LogP contribution >= 0.6 is 0 Å². The van der Waals surface area contributed by atoms with Gasteiger partial charge in [0.25, 0.3) is 0 Å². The van der Waals surface area contributed by atoms with Crippen LogP contribution in [0, 0.1) is 12.7 Å². The number of anilines is 1. The fourth-order valence-corrected chi connectivity index (χ4v) is 3.98. The van der Waals surface area contributed by atoms with E-state index in [4.69, 9.17) is 4.74 Å². The van der Waals surface area contributed by atoms with E-state index in [-0.39, 0.29) is 11.7 Å². The van der Waals surface area contributed by atoms with Crippen molar-refractivity contribution in [3.63, 3.8) is 0 Å². The topological polar surface area (TPSA) is 38.3 Å². The molecule has 27 heavy (non-hydrogen) atoms. The molecule has 1 saturated carbocycles. The second-order valence-corrected chi connectivity index (χ2v) is 7.41. The Labute approximate surface area is 160 Å². The zero-order chi connectivity index (χ0) is 19.3. The van der Waals surface area contributed by atoms with Crippen molar-refractivity contribution in [1.29, 1.82) is 0 Å². The highest BCUT2D eigenvalue weighted by atomic mass is 19.1. The SMILES string of the molecule is CCCOc1ccc(NC(=O)C2(c3ccccc3F)CCCCC2)cc1C. The quantitative estimate of drug-likeness (QED) is 0.702. The molecule has 0 radical (unpaired) electrons. The van der Waals surface area contributed by atoms with Crippen LogP contribution in [-0.4, -0.2) is 12.5 Å². The molecule has 0 bridgehead atoms. The van der Waals surface area contributed by atoms with Crippen molar-refractivity contribution in [2.75, 3.05) is 11.9 Å². The lowest BCUT2D eigenvalue weighted by atomic mass is 9.68. The second kappa shape index (κ2) is 8.55. The minimum atomic E-state index is -0.797. The summed E-state index contributed by atoms with van der Waals surface area (Å²) in [5.74, 6) is 0.416. The van der Waals surface area contributed by atoms with E-state index in [1.807, 2.05) is 31.2 Å². The highest BCUT2D eigenvalue weighted by molar-refractivity contribution is 5.99. The molecule has 3 rings (SSSR count). The van der Waals surface area contributed by atoms with E-state index in [1.165, 1.54) is 6.07 Å². The molecule has 0 heterocycles. The summed E-state index contributed by atoms with van der Waals surface area (Å²) in [6, 6.07) is 12.3. The van der Waals surface area contributed by atoms with Crippen molar-refractivity contribution in [2.45, 2.75) is 57.8 Å². The fourth-order valence-electron chi connectivity index (χ4n) is 3.98. The summed E-state index contributed by atoms with van der Waals surface area (Å²) < 4.78 is 20.3. The minimum absolute atomic E-state index is 0.117. The highest BCUT2D eigenvalue weighted by Gasteiger charge is 2.42. The van der Waals surface area contributed by atoms with Gasteiger partial charge in [0.15, 0.2) is 0 Å². The molecule has 1 amide bonds. The number of benzene rings is 2. The van der Waals surface area contributed by atoms with Gasteiger partial charge < -0.3 is 10.1 Å². The maximum Gasteiger partial charge on any atom is 0.235 e. The van der Waals surface area contributed by atoms with E-state index in [0.29, 0.717) is 25.0 Å². The van der Waals surface area contributed by atoms with Crippen LogP contribution in [0.5, 0.6) is 5.75 Å². The molecule has 144 valence electrons. The Morgan fingerprint density at radius 3 is 2.56 bits per heavy atom. The molecule has 0 spiro atoms. The van der Waals surface area contributed by atoms with Crippen molar-refractivity contribution in [3.05, 3.63) is 59.4 Å². The molecule has 0 unspecified atom stereocenters. The van der Waals surface area contributed by atoms with Gasteiger partial charge in [0.05, 0.1) is 12.0 Å². The van der Waals surface area contributed by atoms with Crippen LogP contribution in [0.1, 0.15) is 56.6 Å². The number of halogens is 1. The Hall–Kier alpha value is -2.36. The van der Waals surface area contributed by atoms with Crippen LogP contribution in [0.15, 0.2) is 42.5 Å². The van der Waals surface area contributed by atoms with E-state index in [1.54, 1.807) is 12.1 Å². The predicted molar refractivity (Wildman–Crippen MR) is 107 cm³/mol. The third kappa shape index (κ3) is 4.15. The molecule has 3 nitrogen and oxygen atoms in total. The average Bonchev–Trinajstić information content (AvgIpc) is 2.68. The summed E-state index contributed by atoms with van der Waals surface area (Å²) in [6.07, 6.45) is 5.26. The van der Waals surface area contributed by atoms with Crippen molar-refractivity contribution >= 4 is 11.6 Å². The molecule has 1 fully saturated rings. The molecule has 0 aliphatic heterocycles. The number of carbonyl (C=O) groups excluding carboxylic acids is 1. The van der Waals surface area contributed by atoms with E-state index >= 15 is 0 Å². The van der Waals surface area contributed by atoms with Gasteiger partial charge in [-0.1, -0.05) is 44.4 Å². The first-order valence-electron chi connectivity index (χ1n) is 9.87. The summed E-state index contributed by atoms with van der Waals surface area (Å²) in [5.41, 5.74) is 1.42. The van der Waals surface area contributed by atoms with Gasteiger partial charge in [-0.2, -0.15) is 0 Å². The van der Waals surface area contributed by atoms with Crippen molar-refractivity contribution in [1.82, 2.24) is 0 Å². The van der Waals surface area contributed by atoms with E-state index in [2.05, 4.69) is 12.2 Å². The van der Waals surface area contributed by atoms with Gasteiger partial charge >= 0.3 is 0 Å². The Kier molecular flexibility index (Phi) is 6.15. The van der Waals surface area contributed by atoms with E-state index in [0.717, 1.165) is 42.7 Å². The van der Waals surface area contributed by atoms with E-state index in [9.17, 15) is 9.18 Å². The maximum absolute atomic E-state index is 14.6. The van der Waals surface area contributed by atoms with Gasteiger partial charge in [0.2, 0.25) is 5.91 Å². The molecule has 0 atom stereocenters. The summed E-state index contributed by atoms with van der Waals surface area (Å²) in [6.45, 7) is 4.70. The molecular formula is C23H28FNO2. The van der Waals surface area contributed by atoms with Crippen LogP contribution in [0.4, 0.5) is 10.1 Å². The molecule has 2 aromatic carbocycles. The number of nitrogens with one attached hydrogen (secondary N) is 1. The molecule has 0 aromatic heterocycles. The fraction of sp³-hybridized carbons (Fsp3) is 0.435.